The first-order chi connectivity index (χ1) is 46.3. The molecule has 0 aromatic carbocycles. The third-order valence-electron chi connectivity index (χ3n) is 17.5. The lowest BCUT2D eigenvalue weighted by Gasteiger charge is -2.48. The molecule has 1 amide bonds. The first kappa shape index (κ1) is 85.7. The Labute approximate surface area is 570 Å². The van der Waals surface area contributed by atoms with Crippen molar-refractivity contribution in [2.75, 3.05) is 26.4 Å². The van der Waals surface area contributed by atoms with Crippen LogP contribution in [0.25, 0.3) is 0 Å². The van der Waals surface area contributed by atoms with Gasteiger partial charge in [-0.25, -0.2) is 0 Å². The lowest BCUT2D eigenvalue weighted by Crippen LogP contribution is -2.66. The minimum absolute atomic E-state index is 0.229. The number of rotatable bonds is 55. The van der Waals surface area contributed by atoms with Crippen LogP contribution < -0.4 is 5.32 Å². The van der Waals surface area contributed by atoms with E-state index >= 15 is 0 Å². The number of unbranched alkanes of at least 4 members (excludes halogenated alkanes) is 23. The molecule has 17 unspecified atom stereocenters. The minimum atomic E-state index is -1.98. The number of aliphatic hydroxyl groups is 11. The molecule has 95 heavy (non-hydrogen) atoms. The SMILES string of the molecule is CC/C=C\C/C=C\C/C=C\C/C=C\C/C=C\C/C=C\CCCCCCCCCCCCCCCCCCCCCCC(=O)NC(COC1OC(CO)C(OC2OC(CO)C(OC3OC(CO)C(O)C(O)C3O)C(O)C2O)C(O)C1O)C(O)/C=C/CC/C=C/CC/C=C/CCC. The van der Waals surface area contributed by atoms with Gasteiger partial charge in [-0.1, -0.05) is 245 Å². The van der Waals surface area contributed by atoms with Crippen molar-refractivity contribution in [1.82, 2.24) is 5.32 Å². The van der Waals surface area contributed by atoms with Gasteiger partial charge >= 0.3 is 0 Å². The van der Waals surface area contributed by atoms with E-state index in [-0.39, 0.29) is 18.9 Å². The molecular formula is C76H129NO18. The lowest BCUT2D eigenvalue weighted by molar-refractivity contribution is -0.379. The van der Waals surface area contributed by atoms with Gasteiger partial charge in [-0.15, -0.1) is 0 Å². The van der Waals surface area contributed by atoms with Crippen molar-refractivity contribution in [2.45, 2.75) is 336 Å². The van der Waals surface area contributed by atoms with Crippen LogP contribution in [0.3, 0.4) is 0 Å². The first-order valence-electron chi connectivity index (χ1n) is 36.6. The molecule has 3 fully saturated rings. The molecule has 3 heterocycles. The average molecular weight is 1340 g/mol. The van der Waals surface area contributed by atoms with Gasteiger partial charge in [-0.05, 0) is 89.9 Å². The number of hydrogen-bond acceptors (Lipinski definition) is 18. The Balaban J connectivity index is 1.29. The zero-order valence-corrected chi connectivity index (χ0v) is 57.9. The van der Waals surface area contributed by atoms with Crippen molar-refractivity contribution in [3.8, 4) is 0 Å². The molecule has 0 bridgehead atoms. The Morgan fingerprint density at radius 3 is 1.17 bits per heavy atom. The number of amides is 1. The maximum Gasteiger partial charge on any atom is 0.220 e. The summed E-state index contributed by atoms with van der Waals surface area (Å²) >= 11 is 0. The molecule has 17 atom stereocenters. The van der Waals surface area contributed by atoms with Crippen molar-refractivity contribution < 1.29 is 89.4 Å². The average Bonchev–Trinajstić information content (AvgIpc) is 0.787. The van der Waals surface area contributed by atoms with Crippen LogP contribution in [0.2, 0.25) is 0 Å². The van der Waals surface area contributed by atoms with Crippen LogP contribution in [0.15, 0.2) is 109 Å². The highest BCUT2D eigenvalue weighted by atomic mass is 16.8. The second kappa shape index (κ2) is 56.2. The Morgan fingerprint density at radius 2 is 0.737 bits per heavy atom. The fourth-order valence-corrected chi connectivity index (χ4v) is 11.6. The predicted octanol–water partition coefficient (Wildman–Crippen LogP) is 10.6. The van der Waals surface area contributed by atoms with E-state index in [1.54, 1.807) is 6.08 Å². The third kappa shape index (κ3) is 37.5. The van der Waals surface area contributed by atoms with E-state index in [0.29, 0.717) is 12.8 Å². The van der Waals surface area contributed by atoms with Crippen LogP contribution in [-0.4, -0.2) is 193 Å². The summed E-state index contributed by atoms with van der Waals surface area (Å²) < 4.78 is 34.3. The lowest BCUT2D eigenvalue weighted by atomic mass is 9.96. The fourth-order valence-electron chi connectivity index (χ4n) is 11.6. The van der Waals surface area contributed by atoms with Crippen LogP contribution >= 0.6 is 0 Å². The quantitative estimate of drug-likeness (QED) is 0.0199. The topological polar surface area (TPSA) is 307 Å². The number of hydrogen-bond donors (Lipinski definition) is 12. The van der Waals surface area contributed by atoms with Crippen molar-refractivity contribution >= 4 is 5.91 Å². The van der Waals surface area contributed by atoms with E-state index in [1.807, 2.05) is 6.08 Å². The number of carbonyl (C=O) groups is 1. The van der Waals surface area contributed by atoms with Crippen LogP contribution in [0.4, 0.5) is 0 Å². The van der Waals surface area contributed by atoms with Crippen molar-refractivity contribution in [3.05, 3.63) is 109 Å². The molecule has 0 aromatic heterocycles. The summed E-state index contributed by atoms with van der Waals surface area (Å²) in [5.41, 5.74) is 0. The van der Waals surface area contributed by atoms with Crippen LogP contribution in [0, 0.1) is 0 Å². The zero-order valence-electron chi connectivity index (χ0n) is 57.9. The Bertz CT molecular complexity index is 2140. The van der Waals surface area contributed by atoms with Gasteiger partial charge in [0.25, 0.3) is 0 Å². The summed E-state index contributed by atoms with van der Waals surface area (Å²) in [5, 5.41) is 120. The molecule has 0 radical (unpaired) electrons. The normalized spacial score (nSPS) is 27.9. The molecule has 0 aliphatic carbocycles. The van der Waals surface area contributed by atoms with E-state index in [1.165, 1.54) is 109 Å². The third-order valence-corrected chi connectivity index (χ3v) is 17.5. The summed E-state index contributed by atoms with van der Waals surface area (Å²) in [5.74, 6) is -0.293. The molecule has 0 spiro atoms. The summed E-state index contributed by atoms with van der Waals surface area (Å²) in [6.45, 7) is 1.49. The summed E-state index contributed by atoms with van der Waals surface area (Å²) in [6, 6.07) is -0.999. The molecule has 546 valence electrons. The monoisotopic (exact) mass is 1340 g/mol. The van der Waals surface area contributed by atoms with E-state index < -0.39 is 124 Å². The largest absolute Gasteiger partial charge is 0.394 e. The number of ether oxygens (including phenoxy) is 6. The number of aliphatic hydroxyl groups excluding tert-OH is 11. The van der Waals surface area contributed by atoms with E-state index in [4.69, 9.17) is 28.4 Å². The Morgan fingerprint density at radius 1 is 0.389 bits per heavy atom. The Kier molecular flexibility index (Phi) is 50.7. The molecule has 3 rings (SSSR count). The first-order valence-corrected chi connectivity index (χ1v) is 36.6. The number of carbonyl (C=O) groups excluding carboxylic acids is 1. The molecule has 3 aliphatic heterocycles. The molecule has 3 aliphatic rings. The molecule has 19 heteroatoms. The highest BCUT2D eigenvalue weighted by molar-refractivity contribution is 5.76. The Hall–Kier alpha value is -3.55. The minimum Gasteiger partial charge on any atom is -0.394 e. The van der Waals surface area contributed by atoms with Gasteiger partial charge in [0, 0.05) is 6.42 Å². The number of nitrogens with one attached hydrogen (secondary N) is 1. The van der Waals surface area contributed by atoms with Crippen LogP contribution in [-0.2, 0) is 33.2 Å². The van der Waals surface area contributed by atoms with Gasteiger partial charge in [0.05, 0.1) is 38.6 Å². The van der Waals surface area contributed by atoms with Crippen molar-refractivity contribution in [1.29, 1.82) is 0 Å². The zero-order chi connectivity index (χ0) is 68.9. The van der Waals surface area contributed by atoms with Gasteiger partial charge < -0.3 is 89.9 Å². The van der Waals surface area contributed by atoms with E-state index in [0.717, 1.165) is 89.9 Å². The highest BCUT2D eigenvalue weighted by Gasteiger charge is 2.53. The van der Waals surface area contributed by atoms with Gasteiger partial charge in [-0.3, -0.25) is 4.79 Å². The molecule has 12 N–H and O–H groups in total. The standard InChI is InChI=1S/C76H129NO18/c1-3-5-7-9-11-13-15-16-17-18-19-20-21-22-23-24-25-26-27-28-29-30-31-32-33-34-35-36-37-38-39-40-41-42-44-46-48-50-52-54-64(82)77-59(60(81)53-51-49-47-45-43-14-12-10-8-6-4-2)58-90-74-70(88)67(85)72(62(56-79)92-74)95-76-71(89)68(86)73(63(57-80)93-76)94-75-69(87)66(84)65(83)61(55-78)91-75/h5,7-8,10-11,13,16-17,19-20,22-23,25-26,43,45,51,53,59-63,65-76,78-81,83-89H,3-4,6,9,12,14-15,18,21,24,27-42,44,46-50,52,54-58H2,1-2H3,(H,77,82)/b7-5-,10-8+,13-11-,17-16-,20-19-,23-22-,26-25-,45-43+,53-51+. The smallest absolute Gasteiger partial charge is 0.220 e. The van der Waals surface area contributed by atoms with Gasteiger partial charge in [0.15, 0.2) is 18.9 Å². The second-order valence-electron chi connectivity index (χ2n) is 25.6. The summed E-state index contributed by atoms with van der Waals surface area (Å²) in [6.07, 6.45) is 49.7. The van der Waals surface area contributed by atoms with Crippen molar-refractivity contribution in [2.24, 2.45) is 0 Å². The van der Waals surface area contributed by atoms with E-state index in [2.05, 4.69) is 116 Å². The predicted molar refractivity (Wildman–Crippen MR) is 374 cm³/mol. The molecule has 0 saturated carbocycles. The molecule has 0 aromatic rings. The van der Waals surface area contributed by atoms with Crippen LogP contribution in [0.1, 0.15) is 232 Å². The fraction of sp³-hybridized carbons (Fsp3) is 0.750. The van der Waals surface area contributed by atoms with Crippen molar-refractivity contribution in [3.63, 3.8) is 0 Å². The summed E-state index contributed by atoms with van der Waals surface area (Å²) in [7, 11) is 0. The maximum absolute atomic E-state index is 13.4. The molecule has 19 nitrogen and oxygen atoms in total. The van der Waals surface area contributed by atoms with Gasteiger partial charge in [0.1, 0.15) is 73.2 Å². The molecule has 3 saturated heterocycles. The highest BCUT2D eigenvalue weighted by Crippen LogP contribution is 2.33. The van der Waals surface area contributed by atoms with Gasteiger partial charge in [0.2, 0.25) is 5.91 Å². The number of allylic oxidation sites excluding steroid dienone is 17. The van der Waals surface area contributed by atoms with Crippen LogP contribution in [0.5, 0.6) is 0 Å². The second-order valence-corrected chi connectivity index (χ2v) is 25.6. The van der Waals surface area contributed by atoms with E-state index in [9.17, 15) is 61.0 Å². The summed E-state index contributed by atoms with van der Waals surface area (Å²) in [4.78, 5) is 13.4. The maximum atomic E-state index is 13.4. The molecular weight excluding hydrogens is 1210 g/mol. The van der Waals surface area contributed by atoms with Gasteiger partial charge in [-0.2, -0.15) is 0 Å².